The van der Waals surface area contributed by atoms with E-state index in [4.69, 9.17) is 4.74 Å². The maximum absolute atomic E-state index is 13.6. The highest BCUT2D eigenvalue weighted by Gasteiger charge is 2.52. The predicted molar refractivity (Wildman–Crippen MR) is 147 cm³/mol. The Kier molecular flexibility index (Phi) is 9.54. The number of carbonyl (C=O) groups is 2. The minimum atomic E-state index is -1.21. The Morgan fingerprint density at radius 3 is 2.65 bits per heavy atom. The average molecular weight is 533 g/mol. The van der Waals surface area contributed by atoms with Crippen LogP contribution >= 0.6 is 11.3 Å². The van der Waals surface area contributed by atoms with Crippen LogP contribution in [0.4, 0.5) is 0 Å². The Labute approximate surface area is 225 Å². The Hall–Kier alpha value is -1.87. The Morgan fingerprint density at radius 1 is 1.32 bits per heavy atom. The maximum atomic E-state index is 13.6. The number of epoxide rings is 1. The van der Waals surface area contributed by atoms with Gasteiger partial charge in [-0.15, -0.1) is 17.9 Å². The number of amides is 1. The fourth-order valence-corrected chi connectivity index (χ4v) is 5.98. The molecule has 2 aliphatic heterocycles. The molecule has 37 heavy (non-hydrogen) atoms. The van der Waals surface area contributed by atoms with Gasteiger partial charge in [0, 0.05) is 17.7 Å². The normalized spacial score (nSPS) is 35.9. The molecule has 2 aliphatic rings. The number of aromatic nitrogens is 1. The van der Waals surface area contributed by atoms with Gasteiger partial charge in [-0.3, -0.25) is 9.59 Å². The average Bonchev–Trinajstić information content (AvgIpc) is 3.27. The molecule has 0 spiro atoms. The Bertz CT molecular complexity index is 1020. The number of allylic oxidation sites excluding steroid dienone is 1. The Balaban J connectivity index is 1.88. The van der Waals surface area contributed by atoms with E-state index in [1.165, 1.54) is 0 Å². The SMILES string of the molecule is C=CCC1C(=O)C(C)(C)C(O)CC(=O)NC(C(C)=Cc2csc(C)n2)CC2OC2(C)CCCC(C)C1O. The van der Waals surface area contributed by atoms with Crippen LogP contribution in [0.15, 0.2) is 23.6 Å². The van der Waals surface area contributed by atoms with Crippen LogP contribution in [0.1, 0.15) is 83.8 Å². The number of thiazole rings is 1. The molecule has 206 valence electrons. The number of aliphatic hydroxyl groups excluding tert-OH is 2. The number of nitrogens with one attached hydrogen (secondary N) is 1. The molecule has 7 unspecified atom stereocenters. The lowest BCUT2D eigenvalue weighted by Gasteiger charge is -2.36. The van der Waals surface area contributed by atoms with E-state index in [2.05, 4.69) is 23.8 Å². The van der Waals surface area contributed by atoms with Gasteiger partial charge in [0.25, 0.3) is 0 Å². The number of Topliss-reactive ketones (excluding diaryl/α,β-unsaturated/α-hetero) is 1. The van der Waals surface area contributed by atoms with Crippen molar-refractivity contribution in [1.82, 2.24) is 10.3 Å². The number of hydrogen-bond donors (Lipinski definition) is 3. The fourth-order valence-electron chi connectivity index (χ4n) is 5.41. The van der Waals surface area contributed by atoms with Gasteiger partial charge in [0.05, 0.1) is 52.5 Å². The fraction of sp³-hybridized carbons (Fsp3) is 0.690. The largest absolute Gasteiger partial charge is 0.392 e. The lowest BCUT2D eigenvalue weighted by Crippen LogP contribution is -2.48. The molecule has 1 aromatic heterocycles. The first-order valence-electron chi connectivity index (χ1n) is 13.4. The number of rotatable bonds is 4. The van der Waals surface area contributed by atoms with E-state index in [1.807, 2.05) is 32.2 Å². The molecule has 3 rings (SSSR count). The van der Waals surface area contributed by atoms with Gasteiger partial charge in [-0.25, -0.2) is 4.98 Å². The van der Waals surface area contributed by atoms with Crippen LogP contribution in [0, 0.1) is 24.2 Å². The minimum absolute atomic E-state index is 0.00270. The standard InChI is InChI=1S/C29H44N2O5S/c1-8-10-21-26(34)17(2)11-9-12-29(7)24(36-29)14-22(18(3)13-20-16-37-19(4)30-20)31-25(33)15-23(32)28(5,6)27(21)35/h8,13,16-17,21-24,26,32,34H,1,9-12,14-15H2,2-7H3,(H,31,33). The highest BCUT2D eigenvalue weighted by molar-refractivity contribution is 7.09. The van der Waals surface area contributed by atoms with E-state index < -0.39 is 23.5 Å². The smallest absolute Gasteiger partial charge is 0.223 e. The molecule has 3 heterocycles. The van der Waals surface area contributed by atoms with E-state index >= 15 is 0 Å². The van der Waals surface area contributed by atoms with Crippen LogP contribution in [0.25, 0.3) is 6.08 Å². The number of hydrogen-bond acceptors (Lipinski definition) is 7. The maximum Gasteiger partial charge on any atom is 0.223 e. The van der Waals surface area contributed by atoms with Gasteiger partial charge >= 0.3 is 0 Å². The summed E-state index contributed by atoms with van der Waals surface area (Å²) in [6.07, 6.45) is 4.76. The molecule has 8 heteroatoms. The van der Waals surface area contributed by atoms with Gasteiger partial charge in [-0.1, -0.05) is 33.3 Å². The van der Waals surface area contributed by atoms with Crippen molar-refractivity contribution in [3.05, 3.63) is 34.3 Å². The second-order valence-corrected chi connectivity index (χ2v) is 12.8. The zero-order valence-corrected chi connectivity index (χ0v) is 23.9. The molecule has 7 nitrogen and oxygen atoms in total. The van der Waals surface area contributed by atoms with Crippen LogP contribution < -0.4 is 5.32 Å². The topological polar surface area (TPSA) is 112 Å². The molecular formula is C29H44N2O5S. The number of aliphatic hydroxyl groups is 2. The zero-order chi connectivity index (χ0) is 27.5. The third kappa shape index (κ3) is 7.16. The van der Waals surface area contributed by atoms with Gasteiger partial charge in [-0.2, -0.15) is 0 Å². The number of ether oxygens (including phenoxy) is 1. The van der Waals surface area contributed by atoms with Gasteiger partial charge in [0.15, 0.2) is 0 Å². The summed E-state index contributed by atoms with van der Waals surface area (Å²) in [6, 6.07) is -0.283. The van der Waals surface area contributed by atoms with E-state index in [9.17, 15) is 19.8 Å². The molecule has 1 aromatic rings. The third-order valence-electron chi connectivity index (χ3n) is 8.31. The Morgan fingerprint density at radius 2 is 2.03 bits per heavy atom. The first kappa shape index (κ1) is 29.7. The first-order valence-corrected chi connectivity index (χ1v) is 14.2. The number of carbonyl (C=O) groups excluding carboxylic acids is 2. The molecule has 0 bridgehead atoms. The molecule has 0 saturated carbocycles. The summed E-state index contributed by atoms with van der Waals surface area (Å²) >= 11 is 1.58. The molecule has 0 aliphatic carbocycles. The van der Waals surface area contributed by atoms with Crippen molar-refractivity contribution in [3.63, 3.8) is 0 Å². The van der Waals surface area contributed by atoms with Crippen molar-refractivity contribution in [1.29, 1.82) is 0 Å². The highest BCUT2D eigenvalue weighted by atomic mass is 32.1. The molecule has 0 radical (unpaired) electrons. The lowest BCUT2D eigenvalue weighted by molar-refractivity contribution is -0.143. The van der Waals surface area contributed by atoms with Crippen molar-refractivity contribution < 1.29 is 24.5 Å². The van der Waals surface area contributed by atoms with E-state index in [1.54, 1.807) is 31.3 Å². The van der Waals surface area contributed by atoms with E-state index in [-0.39, 0.29) is 41.8 Å². The van der Waals surface area contributed by atoms with Crippen LogP contribution in [0.3, 0.4) is 0 Å². The van der Waals surface area contributed by atoms with Crippen molar-refractivity contribution >= 4 is 29.1 Å². The molecule has 2 fully saturated rings. The van der Waals surface area contributed by atoms with Crippen molar-refractivity contribution in [2.75, 3.05) is 0 Å². The lowest BCUT2D eigenvalue weighted by atomic mass is 9.71. The minimum Gasteiger partial charge on any atom is -0.392 e. The van der Waals surface area contributed by atoms with Crippen LogP contribution in [0.2, 0.25) is 0 Å². The molecule has 7 atom stereocenters. The predicted octanol–water partition coefficient (Wildman–Crippen LogP) is 4.61. The summed E-state index contributed by atoms with van der Waals surface area (Å²) in [4.78, 5) is 31.2. The summed E-state index contributed by atoms with van der Waals surface area (Å²) in [5.41, 5.74) is 0.332. The number of fused-ring (bicyclic) bond motifs is 1. The highest BCUT2D eigenvalue weighted by Crippen LogP contribution is 2.44. The van der Waals surface area contributed by atoms with Crippen molar-refractivity contribution in [2.45, 2.75) is 110 Å². The molecule has 1 amide bonds. The van der Waals surface area contributed by atoms with Gasteiger partial charge in [0.1, 0.15) is 5.78 Å². The van der Waals surface area contributed by atoms with Crippen molar-refractivity contribution in [2.24, 2.45) is 17.3 Å². The number of nitrogens with zero attached hydrogens (tertiary/aromatic N) is 1. The van der Waals surface area contributed by atoms with Crippen LogP contribution in [0.5, 0.6) is 0 Å². The molecule has 0 aromatic carbocycles. The quantitative estimate of drug-likeness (QED) is 0.386. The monoisotopic (exact) mass is 532 g/mol. The van der Waals surface area contributed by atoms with E-state index in [0.717, 1.165) is 35.5 Å². The van der Waals surface area contributed by atoms with Crippen molar-refractivity contribution in [3.8, 4) is 0 Å². The summed E-state index contributed by atoms with van der Waals surface area (Å²) in [5, 5.41) is 28.2. The molecule has 2 saturated heterocycles. The summed E-state index contributed by atoms with van der Waals surface area (Å²) in [5.74, 6) is -1.36. The summed E-state index contributed by atoms with van der Waals surface area (Å²) in [6.45, 7) is 15.1. The third-order valence-corrected chi connectivity index (χ3v) is 9.11. The second-order valence-electron chi connectivity index (χ2n) is 11.8. The number of ketones is 1. The number of aryl methyl sites for hydroxylation is 1. The summed E-state index contributed by atoms with van der Waals surface area (Å²) < 4.78 is 6.12. The second kappa shape index (κ2) is 11.9. The van der Waals surface area contributed by atoms with E-state index in [0.29, 0.717) is 12.8 Å². The van der Waals surface area contributed by atoms with Gasteiger partial charge in [0.2, 0.25) is 5.91 Å². The molecular weight excluding hydrogens is 488 g/mol. The zero-order valence-electron chi connectivity index (χ0n) is 23.1. The van der Waals surface area contributed by atoms with Crippen LogP contribution in [-0.4, -0.2) is 56.8 Å². The van der Waals surface area contributed by atoms with Gasteiger partial charge in [-0.05, 0) is 57.6 Å². The summed E-state index contributed by atoms with van der Waals surface area (Å²) in [7, 11) is 0. The van der Waals surface area contributed by atoms with Gasteiger partial charge < -0.3 is 20.3 Å². The first-order chi connectivity index (χ1) is 17.3. The molecule has 3 N–H and O–H groups in total. The van der Waals surface area contributed by atoms with Crippen LogP contribution in [-0.2, 0) is 14.3 Å².